The molecule has 8 nitrogen and oxygen atoms in total. The summed E-state index contributed by atoms with van der Waals surface area (Å²) in [6.45, 7) is -0.702. The molecule has 0 spiro atoms. The summed E-state index contributed by atoms with van der Waals surface area (Å²) in [6, 6.07) is 6.20. The summed E-state index contributed by atoms with van der Waals surface area (Å²) in [5.74, 6) is -1.37. The zero-order valence-electron chi connectivity index (χ0n) is 9.94. The van der Waals surface area contributed by atoms with Gasteiger partial charge in [-0.3, -0.25) is 4.79 Å². The molecule has 1 amide bonds. The molecule has 0 bridgehead atoms. The third kappa shape index (κ3) is 5.82. The Bertz CT molecular complexity index is 451. The molecule has 0 aliphatic rings. The van der Waals surface area contributed by atoms with Crippen LogP contribution < -0.4 is 16.2 Å². The molecule has 0 heterocycles. The molecule has 0 aliphatic heterocycles. The summed E-state index contributed by atoms with van der Waals surface area (Å²) < 4.78 is 5.23. The van der Waals surface area contributed by atoms with Crippen LogP contribution in [0.2, 0.25) is 0 Å². The molecule has 1 unspecified atom stereocenters. The Morgan fingerprint density at radius 1 is 1.37 bits per heavy atom. The van der Waals surface area contributed by atoms with Gasteiger partial charge < -0.3 is 21.3 Å². The maximum Gasteiger partial charge on any atom is 0.333 e. The number of carboxylic acid groups (broad SMARTS) is 1. The fourth-order valence-corrected chi connectivity index (χ4v) is 1.12. The van der Waals surface area contributed by atoms with E-state index in [9.17, 15) is 9.59 Å². The average molecular weight is 270 g/mol. The number of hydrogen-bond acceptors (Lipinski definition) is 6. The van der Waals surface area contributed by atoms with E-state index in [-0.39, 0.29) is 6.61 Å². The highest BCUT2D eigenvalue weighted by Gasteiger charge is 2.08. The van der Waals surface area contributed by atoms with Gasteiger partial charge in [0, 0.05) is 5.56 Å². The predicted molar refractivity (Wildman–Crippen MR) is 63.1 cm³/mol. The predicted octanol–water partition coefficient (Wildman–Crippen LogP) is -0.518. The van der Waals surface area contributed by atoms with Crippen LogP contribution >= 0.6 is 0 Å². The second-order valence-corrected chi connectivity index (χ2v) is 3.49. The van der Waals surface area contributed by atoms with Crippen LogP contribution in [0.3, 0.4) is 0 Å². The lowest BCUT2D eigenvalue weighted by atomic mass is 10.2. The summed E-state index contributed by atoms with van der Waals surface area (Å²) in [6.07, 6.45) is -0.961. The number of carbonyl (C=O) groups is 2. The van der Waals surface area contributed by atoms with Crippen LogP contribution in [0, 0.1) is 0 Å². The molecule has 1 rings (SSSR count). The smallest absolute Gasteiger partial charge is 0.333 e. The molecule has 0 aliphatic carbocycles. The van der Waals surface area contributed by atoms with Crippen LogP contribution in [0.25, 0.3) is 0 Å². The van der Waals surface area contributed by atoms with Crippen molar-refractivity contribution in [2.24, 2.45) is 11.5 Å². The van der Waals surface area contributed by atoms with Crippen LogP contribution in [0.5, 0.6) is 5.75 Å². The van der Waals surface area contributed by atoms with E-state index in [1.165, 1.54) is 6.07 Å². The number of aliphatic carboxylic acids is 1. The number of rotatable bonds is 8. The first kappa shape index (κ1) is 14.9. The lowest BCUT2D eigenvalue weighted by Gasteiger charge is -2.12. The standard InChI is InChI=1S/C11H14N2O6/c12-9(19-18-6-10(14)15)5-17-8-3-1-2-7(4-8)11(13)16/h1-4,9H,5-6,12H2,(H2,13,16)(H,14,15). The largest absolute Gasteiger partial charge is 0.489 e. The first-order chi connectivity index (χ1) is 8.99. The number of ether oxygens (including phenoxy) is 1. The maximum atomic E-state index is 10.9. The van der Waals surface area contributed by atoms with E-state index in [4.69, 9.17) is 21.3 Å². The fraction of sp³-hybridized carbons (Fsp3) is 0.273. The number of primary amides is 1. The van der Waals surface area contributed by atoms with E-state index in [1.54, 1.807) is 18.2 Å². The Balaban J connectivity index is 2.37. The van der Waals surface area contributed by atoms with Gasteiger partial charge >= 0.3 is 5.97 Å². The normalized spacial score (nSPS) is 11.8. The van der Waals surface area contributed by atoms with E-state index in [1.807, 2.05) is 0 Å². The Kier molecular flexibility index (Phi) is 5.73. The molecule has 0 fully saturated rings. The molecule has 0 aromatic heterocycles. The highest BCUT2D eigenvalue weighted by atomic mass is 17.2. The van der Waals surface area contributed by atoms with Gasteiger partial charge in [0.15, 0.2) is 12.8 Å². The van der Waals surface area contributed by atoms with Crippen molar-refractivity contribution in [3.8, 4) is 5.75 Å². The summed E-state index contributed by atoms with van der Waals surface area (Å²) >= 11 is 0. The van der Waals surface area contributed by atoms with Gasteiger partial charge in [-0.2, -0.15) is 0 Å². The van der Waals surface area contributed by atoms with Crippen molar-refractivity contribution >= 4 is 11.9 Å². The zero-order valence-corrected chi connectivity index (χ0v) is 9.94. The molecule has 5 N–H and O–H groups in total. The maximum absolute atomic E-state index is 10.9. The molecular formula is C11H14N2O6. The van der Waals surface area contributed by atoms with E-state index < -0.39 is 24.7 Å². The summed E-state index contributed by atoms with van der Waals surface area (Å²) in [7, 11) is 0. The van der Waals surface area contributed by atoms with Crippen LogP contribution in [-0.4, -0.2) is 36.4 Å². The van der Waals surface area contributed by atoms with Gasteiger partial charge in [0.1, 0.15) is 12.4 Å². The van der Waals surface area contributed by atoms with Crippen molar-refractivity contribution in [2.75, 3.05) is 13.2 Å². The van der Waals surface area contributed by atoms with Gasteiger partial charge in [-0.25, -0.2) is 14.6 Å². The van der Waals surface area contributed by atoms with Crippen molar-refractivity contribution in [3.05, 3.63) is 29.8 Å². The Hall–Kier alpha value is -2.16. The van der Waals surface area contributed by atoms with Gasteiger partial charge in [-0.1, -0.05) is 6.07 Å². The van der Waals surface area contributed by atoms with Crippen molar-refractivity contribution in [1.82, 2.24) is 0 Å². The monoisotopic (exact) mass is 270 g/mol. The molecule has 0 radical (unpaired) electrons. The zero-order chi connectivity index (χ0) is 14.3. The fourth-order valence-electron chi connectivity index (χ4n) is 1.12. The molecule has 1 atom stereocenters. The molecule has 8 heteroatoms. The number of carboxylic acids is 1. The number of nitrogens with two attached hydrogens (primary N) is 2. The third-order valence-corrected chi connectivity index (χ3v) is 1.91. The summed E-state index contributed by atoms with van der Waals surface area (Å²) in [5, 5.41) is 8.30. The minimum Gasteiger partial charge on any atom is -0.489 e. The van der Waals surface area contributed by atoms with Gasteiger partial charge in [0.05, 0.1) is 0 Å². The first-order valence-corrected chi connectivity index (χ1v) is 5.27. The molecular weight excluding hydrogens is 256 g/mol. The summed E-state index contributed by atoms with van der Waals surface area (Å²) in [4.78, 5) is 29.9. The molecule has 19 heavy (non-hydrogen) atoms. The van der Waals surface area contributed by atoms with E-state index in [0.29, 0.717) is 11.3 Å². The lowest BCUT2D eigenvalue weighted by molar-refractivity contribution is -0.323. The Labute approximate surface area is 108 Å². The third-order valence-electron chi connectivity index (χ3n) is 1.91. The molecule has 104 valence electrons. The van der Waals surface area contributed by atoms with Crippen molar-refractivity contribution in [3.63, 3.8) is 0 Å². The molecule has 1 aromatic carbocycles. The van der Waals surface area contributed by atoms with Crippen molar-refractivity contribution < 1.29 is 29.2 Å². The van der Waals surface area contributed by atoms with Crippen LogP contribution in [0.15, 0.2) is 24.3 Å². The Morgan fingerprint density at radius 3 is 2.74 bits per heavy atom. The topological polar surface area (TPSA) is 134 Å². The highest BCUT2D eigenvalue weighted by molar-refractivity contribution is 5.93. The number of hydrogen-bond donors (Lipinski definition) is 3. The number of amides is 1. The van der Waals surface area contributed by atoms with Crippen LogP contribution in [0.1, 0.15) is 10.4 Å². The molecule has 0 saturated carbocycles. The molecule has 1 aromatic rings. The molecule has 0 saturated heterocycles. The van der Waals surface area contributed by atoms with E-state index in [0.717, 1.165) is 0 Å². The minimum atomic E-state index is -1.18. The second-order valence-electron chi connectivity index (χ2n) is 3.49. The van der Waals surface area contributed by atoms with Gasteiger partial charge in [-0.15, -0.1) is 0 Å². The van der Waals surface area contributed by atoms with Crippen LogP contribution in [-0.2, 0) is 14.6 Å². The Morgan fingerprint density at radius 2 is 2.11 bits per heavy atom. The van der Waals surface area contributed by atoms with Crippen molar-refractivity contribution in [1.29, 1.82) is 0 Å². The number of carbonyl (C=O) groups excluding carboxylic acids is 1. The van der Waals surface area contributed by atoms with Gasteiger partial charge in [0.25, 0.3) is 0 Å². The second kappa shape index (κ2) is 7.31. The quantitative estimate of drug-likeness (QED) is 0.328. The van der Waals surface area contributed by atoms with Crippen molar-refractivity contribution in [2.45, 2.75) is 6.23 Å². The summed E-state index contributed by atoms with van der Waals surface area (Å²) in [5.41, 5.74) is 10.9. The SMILES string of the molecule is NC(=O)c1cccc(OCC(N)OOCC(=O)O)c1. The lowest BCUT2D eigenvalue weighted by Crippen LogP contribution is -2.31. The van der Waals surface area contributed by atoms with E-state index >= 15 is 0 Å². The van der Waals surface area contributed by atoms with E-state index in [2.05, 4.69) is 9.78 Å². The first-order valence-electron chi connectivity index (χ1n) is 5.27. The van der Waals surface area contributed by atoms with Gasteiger partial charge in [0.2, 0.25) is 5.91 Å². The average Bonchev–Trinajstić information content (AvgIpc) is 2.36. The van der Waals surface area contributed by atoms with Gasteiger partial charge in [-0.05, 0) is 18.2 Å². The number of benzene rings is 1. The van der Waals surface area contributed by atoms with Crippen LogP contribution in [0.4, 0.5) is 0 Å². The highest BCUT2D eigenvalue weighted by Crippen LogP contribution is 2.13. The minimum absolute atomic E-state index is 0.0815.